The van der Waals surface area contributed by atoms with Gasteiger partial charge in [0, 0.05) is 28.6 Å². The van der Waals surface area contributed by atoms with Crippen LogP contribution in [0.3, 0.4) is 0 Å². The number of ether oxygens (including phenoxy) is 3. The van der Waals surface area contributed by atoms with Crippen molar-refractivity contribution < 1.29 is 19.0 Å². The Morgan fingerprint density at radius 3 is 2.53 bits per heavy atom. The van der Waals surface area contributed by atoms with Crippen LogP contribution in [-0.2, 0) is 4.74 Å². The first-order valence-corrected chi connectivity index (χ1v) is 10.6. The van der Waals surface area contributed by atoms with Gasteiger partial charge in [0.05, 0.1) is 31.5 Å². The van der Waals surface area contributed by atoms with Crippen LogP contribution in [0.4, 0.5) is 0 Å². The zero-order valence-corrected chi connectivity index (χ0v) is 18.4. The molecule has 7 heteroatoms. The minimum Gasteiger partial charge on any atom is -0.493 e. The summed E-state index contributed by atoms with van der Waals surface area (Å²) in [6.07, 6.45) is 0.219. The minimum atomic E-state index is -0.490. The predicted molar refractivity (Wildman–Crippen MR) is 121 cm³/mol. The molecule has 0 saturated carbocycles. The van der Waals surface area contributed by atoms with Gasteiger partial charge in [-0.3, -0.25) is 0 Å². The van der Waals surface area contributed by atoms with Crippen molar-refractivity contribution in [2.75, 3.05) is 14.2 Å². The summed E-state index contributed by atoms with van der Waals surface area (Å²) < 4.78 is 16.8. The Morgan fingerprint density at radius 1 is 1.09 bits per heavy atom. The molecule has 0 N–H and O–H groups in total. The number of hydrazone groups is 1. The van der Waals surface area contributed by atoms with E-state index in [4.69, 9.17) is 30.9 Å². The van der Waals surface area contributed by atoms with Crippen molar-refractivity contribution in [1.29, 1.82) is 0 Å². The number of esters is 1. The van der Waals surface area contributed by atoms with Gasteiger partial charge in [-0.2, -0.15) is 5.10 Å². The van der Waals surface area contributed by atoms with Crippen LogP contribution in [0.1, 0.15) is 45.7 Å². The van der Waals surface area contributed by atoms with Gasteiger partial charge in [-0.25, -0.2) is 9.80 Å². The Hall–Kier alpha value is -3.51. The molecule has 162 valence electrons. The summed E-state index contributed by atoms with van der Waals surface area (Å²) in [6, 6.07) is 20.9. The van der Waals surface area contributed by atoms with E-state index in [2.05, 4.69) is 12.1 Å². The molecular weight excluding hydrogens is 428 g/mol. The van der Waals surface area contributed by atoms with Crippen LogP contribution in [-0.4, -0.2) is 30.9 Å². The van der Waals surface area contributed by atoms with Crippen molar-refractivity contribution in [3.8, 4) is 11.5 Å². The SMILES string of the molecule is COC(=O)c1ccc([C@H]2Oc3c(OC)cc(Cl)cc3[C@@H]3CC(c4ccccc4)=NN23)cc1. The first kappa shape index (κ1) is 20.4. The van der Waals surface area contributed by atoms with Gasteiger partial charge in [-0.15, -0.1) is 0 Å². The van der Waals surface area contributed by atoms with Crippen LogP contribution in [0.2, 0.25) is 5.02 Å². The van der Waals surface area contributed by atoms with Gasteiger partial charge in [0.2, 0.25) is 6.23 Å². The molecule has 0 bridgehead atoms. The second-order valence-electron chi connectivity index (χ2n) is 7.62. The van der Waals surface area contributed by atoms with Gasteiger partial charge in [0.1, 0.15) is 0 Å². The number of hydrogen-bond donors (Lipinski definition) is 0. The maximum Gasteiger partial charge on any atom is 0.337 e. The Morgan fingerprint density at radius 2 is 1.84 bits per heavy atom. The van der Waals surface area contributed by atoms with E-state index in [1.807, 2.05) is 41.4 Å². The van der Waals surface area contributed by atoms with E-state index >= 15 is 0 Å². The molecule has 0 aliphatic carbocycles. The van der Waals surface area contributed by atoms with Crippen molar-refractivity contribution >= 4 is 23.3 Å². The van der Waals surface area contributed by atoms with Crippen LogP contribution in [0.15, 0.2) is 71.8 Å². The topological polar surface area (TPSA) is 60.4 Å². The number of halogens is 1. The van der Waals surface area contributed by atoms with E-state index in [-0.39, 0.29) is 12.0 Å². The number of carbonyl (C=O) groups excluding carboxylic acids is 1. The van der Waals surface area contributed by atoms with Crippen LogP contribution in [0, 0.1) is 0 Å². The minimum absolute atomic E-state index is 0.0631. The summed E-state index contributed by atoms with van der Waals surface area (Å²) in [5.41, 5.74) is 4.32. The average Bonchev–Trinajstić information content (AvgIpc) is 3.29. The standard InChI is InChI=1S/C25H21ClN2O4/c1-30-22-13-18(26)12-19-21-14-20(15-6-4-3-5-7-15)27-28(21)24(32-23(19)22)16-8-10-17(11-9-16)25(29)31-2/h3-13,21,24H,14H2,1-2H3/t21-,24+/m0/s1. The summed E-state index contributed by atoms with van der Waals surface area (Å²) in [6.45, 7) is 0. The molecule has 2 aliphatic heterocycles. The van der Waals surface area contributed by atoms with Gasteiger partial charge >= 0.3 is 5.97 Å². The van der Waals surface area contributed by atoms with Gasteiger partial charge in [-0.1, -0.05) is 54.1 Å². The van der Waals surface area contributed by atoms with E-state index in [0.717, 1.165) is 22.4 Å². The van der Waals surface area contributed by atoms with E-state index in [1.54, 1.807) is 25.3 Å². The van der Waals surface area contributed by atoms with Gasteiger partial charge in [0.25, 0.3) is 0 Å². The number of fused-ring (bicyclic) bond motifs is 3. The van der Waals surface area contributed by atoms with Crippen molar-refractivity contribution in [2.45, 2.75) is 18.7 Å². The quantitative estimate of drug-likeness (QED) is 0.501. The zero-order chi connectivity index (χ0) is 22.2. The summed E-state index contributed by atoms with van der Waals surface area (Å²) in [5.74, 6) is 0.854. The van der Waals surface area contributed by atoms with E-state index in [1.165, 1.54) is 7.11 Å². The summed E-state index contributed by atoms with van der Waals surface area (Å²) in [5, 5.41) is 7.49. The number of carbonyl (C=O) groups is 1. The van der Waals surface area contributed by atoms with Gasteiger partial charge in [0.15, 0.2) is 11.5 Å². The maximum absolute atomic E-state index is 11.8. The number of nitrogens with zero attached hydrogens (tertiary/aromatic N) is 2. The number of rotatable bonds is 4. The van der Waals surface area contributed by atoms with Crippen molar-refractivity contribution in [3.05, 3.63) is 94.0 Å². The summed E-state index contributed by atoms with van der Waals surface area (Å²) in [7, 11) is 2.96. The smallest absolute Gasteiger partial charge is 0.337 e. The molecule has 32 heavy (non-hydrogen) atoms. The molecule has 0 amide bonds. The van der Waals surface area contributed by atoms with Crippen LogP contribution in [0.5, 0.6) is 11.5 Å². The Kier molecular flexibility index (Phi) is 5.23. The fourth-order valence-electron chi connectivity index (χ4n) is 4.20. The van der Waals surface area contributed by atoms with Crippen LogP contribution >= 0.6 is 11.6 Å². The lowest BCUT2D eigenvalue weighted by atomic mass is 9.95. The highest BCUT2D eigenvalue weighted by molar-refractivity contribution is 6.30. The molecule has 3 aromatic rings. The molecule has 5 rings (SSSR count). The van der Waals surface area contributed by atoms with Crippen molar-refractivity contribution in [1.82, 2.24) is 5.01 Å². The predicted octanol–water partition coefficient (Wildman–Crippen LogP) is 5.38. The molecule has 6 nitrogen and oxygen atoms in total. The highest BCUT2D eigenvalue weighted by Crippen LogP contribution is 2.51. The fraction of sp³-hybridized carbons (Fsp3) is 0.200. The molecule has 0 spiro atoms. The van der Waals surface area contributed by atoms with Gasteiger partial charge < -0.3 is 14.2 Å². The lowest BCUT2D eigenvalue weighted by Crippen LogP contribution is -2.34. The highest BCUT2D eigenvalue weighted by Gasteiger charge is 2.42. The lowest BCUT2D eigenvalue weighted by Gasteiger charge is -2.38. The molecule has 0 radical (unpaired) electrons. The number of methoxy groups -OCH3 is 2. The van der Waals surface area contributed by atoms with E-state index in [0.29, 0.717) is 28.5 Å². The largest absolute Gasteiger partial charge is 0.493 e. The maximum atomic E-state index is 11.8. The molecule has 0 aromatic heterocycles. The van der Waals surface area contributed by atoms with Crippen molar-refractivity contribution in [2.24, 2.45) is 5.10 Å². The van der Waals surface area contributed by atoms with E-state index in [9.17, 15) is 4.79 Å². The number of benzene rings is 3. The molecule has 0 fully saturated rings. The molecular formula is C25H21ClN2O4. The van der Waals surface area contributed by atoms with Crippen LogP contribution in [0.25, 0.3) is 0 Å². The van der Waals surface area contributed by atoms with Crippen LogP contribution < -0.4 is 9.47 Å². The second kappa shape index (κ2) is 8.20. The third-order valence-electron chi connectivity index (χ3n) is 5.76. The Balaban J connectivity index is 1.60. The van der Waals surface area contributed by atoms with Gasteiger partial charge in [-0.05, 0) is 23.8 Å². The molecule has 3 aromatic carbocycles. The third-order valence-corrected chi connectivity index (χ3v) is 5.98. The summed E-state index contributed by atoms with van der Waals surface area (Å²) >= 11 is 6.38. The monoisotopic (exact) mass is 448 g/mol. The third kappa shape index (κ3) is 3.46. The first-order chi connectivity index (χ1) is 15.6. The second-order valence-corrected chi connectivity index (χ2v) is 8.06. The molecule has 2 aliphatic rings. The van der Waals surface area contributed by atoms with E-state index < -0.39 is 6.23 Å². The molecule has 0 unspecified atom stereocenters. The molecule has 2 atom stereocenters. The average molecular weight is 449 g/mol. The van der Waals surface area contributed by atoms with Crippen molar-refractivity contribution in [3.63, 3.8) is 0 Å². The zero-order valence-electron chi connectivity index (χ0n) is 17.6. The molecule has 2 heterocycles. The lowest BCUT2D eigenvalue weighted by molar-refractivity contribution is -0.0209. The normalized spacial score (nSPS) is 18.8. The fourth-order valence-corrected chi connectivity index (χ4v) is 4.42. The highest BCUT2D eigenvalue weighted by atomic mass is 35.5. The number of hydrogen-bond acceptors (Lipinski definition) is 6. The Labute approximate surface area is 191 Å². The Bertz CT molecular complexity index is 1190. The summed E-state index contributed by atoms with van der Waals surface area (Å²) in [4.78, 5) is 11.8. The first-order valence-electron chi connectivity index (χ1n) is 10.2. The molecule has 0 saturated heterocycles.